The fourth-order valence-electron chi connectivity index (χ4n) is 2.73. The van der Waals surface area contributed by atoms with E-state index in [2.05, 4.69) is 20.8 Å². The van der Waals surface area contributed by atoms with Crippen molar-refractivity contribution in [1.29, 1.82) is 0 Å². The van der Waals surface area contributed by atoms with Crippen molar-refractivity contribution < 1.29 is 17.9 Å². The summed E-state index contributed by atoms with van der Waals surface area (Å²) in [5, 5.41) is 13.7. The highest BCUT2D eigenvalue weighted by Crippen LogP contribution is 2.17. The minimum absolute atomic E-state index is 0.0847. The molecule has 2 heterocycles. The predicted octanol–water partition coefficient (Wildman–Crippen LogP) is 0.0414. The fourth-order valence-corrected chi connectivity index (χ4v) is 3.60. The number of tetrazole rings is 1. The second kappa shape index (κ2) is 7.89. The van der Waals surface area contributed by atoms with Crippen LogP contribution in [0.1, 0.15) is 12.8 Å². The molecule has 26 heavy (non-hydrogen) atoms. The molecule has 1 N–H and O–H groups in total. The highest BCUT2D eigenvalue weighted by molar-refractivity contribution is 7.88. The van der Waals surface area contributed by atoms with E-state index in [0.717, 1.165) is 5.69 Å². The minimum Gasteiger partial charge on any atom is -0.368 e. The molecule has 1 saturated heterocycles. The van der Waals surface area contributed by atoms with Crippen LogP contribution in [-0.4, -0.2) is 70.9 Å². The molecule has 0 bridgehead atoms. The van der Waals surface area contributed by atoms with Crippen LogP contribution in [0.4, 0.5) is 5.69 Å². The Bertz CT molecular complexity index is 847. The molecule has 0 saturated carbocycles. The smallest absolute Gasteiger partial charge is 0.250 e. The third-order valence-electron chi connectivity index (χ3n) is 4.06. The summed E-state index contributed by atoms with van der Waals surface area (Å²) in [6, 6.07) is 7.11. The van der Waals surface area contributed by atoms with E-state index in [1.165, 1.54) is 21.6 Å². The van der Waals surface area contributed by atoms with Crippen molar-refractivity contribution >= 4 is 21.6 Å². The minimum atomic E-state index is -3.16. The first-order valence-electron chi connectivity index (χ1n) is 8.12. The molecule has 1 aliphatic heterocycles. The Balaban J connectivity index is 1.47. The molecule has 0 unspecified atom stereocenters. The first kappa shape index (κ1) is 18.4. The van der Waals surface area contributed by atoms with E-state index in [4.69, 9.17) is 4.74 Å². The number of carbonyl (C=O) groups excluding carboxylic acids is 1. The molecular formula is C15H20N6O4S. The summed E-state index contributed by atoms with van der Waals surface area (Å²) in [6.07, 6.45) is 3.70. The van der Waals surface area contributed by atoms with Gasteiger partial charge >= 0.3 is 0 Å². The van der Waals surface area contributed by atoms with Crippen LogP contribution in [0.3, 0.4) is 0 Å². The van der Waals surface area contributed by atoms with Gasteiger partial charge in [0.15, 0.2) is 0 Å². The molecular weight excluding hydrogens is 360 g/mol. The lowest BCUT2D eigenvalue weighted by Crippen LogP contribution is -2.40. The Morgan fingerprint density at radius 3 is 2.77 bits per heavy atom. The lowest BCUT2D eigenvalue weighted by atomic mass is 10.1. The van der Waals surface area contributed by atoms with E-state index in [1.54, 1.807) is 18.2 Å². The standard InChI is InChI=1S/C15H20N6O4S/c1-26(23,24)20-7-5-14(6-8-20)25-10-15(22)17-12-3-2-4-13(9-12)21-11-16-18-19-21/h2-4,9,11,14H,5-8,10H2,1H3,(H,17,22). The highest BCUT2D eigenvalue weighted by Gasteiger charge is 2.25. The van der Waals surface area contributed by atoms with Gasteiger partial charge in [-0.1, -0.05) is 6.07 Å². The van der Waals surface area contributed by atoms with Crippen LogP contribution in [0, 0.1) is 0 Å². The van der Waals surface area contributed by atoms with E-state index >= 15 is 0 Å². The first-order chi connectivity index (χ1) is 12.4. The van der Waals surface area contributed by atoms with Gasteiger partial charge in [0.05, 0.1) is 18.0 Å². The summed E-state index contributed by atoms with van der Waals surface area (Å²) >= 11 is 0. The fraction of sp³-hybridized carbons (Fsp3) is 0.467. The second-order valence-corrected chi connectivity index (χ2v) is 8.01. The van der Waals surface area contributed by atoms with Crippen molar-refractivity contribution in [2.45, 2.75) is 18.9 Å². The number of amides is 1. The Hall–Kier alpha value is -2.37. The first-order valence-corrected chi connectivity index (χ1v) is 9.96. The number of benzene rings is 1. The number of nitrogens with zero attached hydrogens (tertiary/aromatic N) is 5. The Morgan fingerprint density at radius 2 is 2.12 bits per heavy atom. The van der Waals surface area contributed by atoms with Crippen LogP contribution in [0.2, 0.25) is 0 Å². The zero-order valence-electron chi connectivity index (χ0n) is 14.3. The zero-order chi connectivity index (χ0) is 18.6. The number of hydrogen-bond donors (Lipinski definition) is 1. The molecule has 1 aromatic heterocycles. The van der Waals surface area contributed by atoms with Crippen LogP contribution in [0.25, 0.3) is 5.69 Å². The van der Waals surface area contributed by atoms with Crippen molar-refractivity contribution in [2.24, 2.45) is 0 Å². The molecule has 1 aromatic carbocycles. The lowest BCUT2D eigenvalue weighted by molar-refractivity contribution is -0.123. The molecule has 0 radical (unpaired) electrons. The molecule has 0 spiro atoms. The SMILES string of the molecule is CS(=O)(=O)N1CCC(OCC(=O)Nc2cccc(-n3cnnn3)c2)CC1. The third kappa shape index (κ3) is 4.84. The van der Waals surface area contributed by atoms with Gasteiger partial charge in [0.2, 0.25) is 15.9 Å². The summed E-state index contributed by atoms with van der Waals surface area (Å²) in [4.78, 5) is 12.1. The van der Waals surface area contributed by atoms with Gasteiger partial charge in [-0.3, -0.25) is 4.79 Å². The van der Waals surface area contributed by atoms with Crippen molar-refractivity contribution in [1.82, 2.24) is 24.5 Å². The van der Waals surface area contributed by atoms with Crippen LogP contribution in [-0.2, 0) is 19.6 Å². The summed E-state index contributed by atoms with van der Waals surface area (Å²) in [5.41, 5.74) is 1.33. The number of nitrogens with one attached hydrogen (secondary N) is 1. The molecule has 11 heteroatoms. The molecule has 1 amide bonds. The van der Waals surface area contributed by atoms with Gasteiger partial charge in [-0.05, 0) is 41.5 Å². The summed E-state index contributed by atoms with van der Waals surface area (Å²) in [5.74, 6) is -0.274. The Kier molecular flexibility index (Phi) is 5.59. The van der Waals surface area contributed by atoms with Gasteiger partial charge in [0.25, 0.3) is 0 Å². The monoisotopic (exact) mass is 380 g/mol. The molecule has 10 nitrogen and oxygen atoms in total. The number of rotatable bonds is 6. The van der Waals surface area contributed by atoms with Crippen molar-refractivity contribution in [3.05, 3.63) is 30.6 Å². The third-order valence-corrected chi connectivity index (χ3v) is 5.37. The molecule has 0 atom stereocenters. The van der Waals surface area contributed by atoms with Gasteiger partial charge in [0, 0.05) is 18.8 Å². The maximum atomic E-state index is 12.1. The van der Waals surface area contributed by atoms with Gasteiger partial charge in [-0.25, -0.2) is 17.4 Å². The number of carbonyl (C=O) groups is 1. The number of aromatic nitrogens is 4. The van der Waals surface area contributed by atoms with Crippen LogP contribution < -0.4 is 5.32 Å². The maximum absolute atomic E-state index is 12.1. The van der Waals surface area contributed by atoms with Crippen LogP contribution >= 0.6 is 0 Å². The number of piperidine rings is 1. The number of sulfonamides is 1. The van der Waals surface area contributed by atoms with E-state index in [9.17, 15) is 13.2 Å². The predicted molar refractivity (Wildman–Crippen MR) is 93.2 cm³/mol. The van der Waals surface area contributed by atoms with E-state index in [-0.39, 0.29) is 18.6 Å². The van der Waals surface area contributed by atoms with Crippen molar-refractivity contribution in [3.63, 3.8) is 0 Å². The summed E-state index contributed by atoms with van der Waals surface area (Å²) in [6.45, 7) is 0.747. The molecule has 140 valence electrons. The van der Waals surface area contributed by atoms with Gasteiger partial charge in [-0.2, -0.15) is 0 Å². The number of hydrogen-bond acceptors (Lipinski definition) is 7. The number of ether oxygens (including phenoxy) is 1. The van der Waals surface area contributed by atoms with E-state index < -0.39 is 10.0 Å². The quantitative estimate of drug-likeness (QED) is 0.751. The van der Waals surface area contributed by atoms with Gasteiger partial charge in [0.1, 0.15) is 12.9 Å². The van der Waals surface area contributed by atoms with E-state index in [0.29, 0.717) is 31.6 Å². The topological polar surface area (TPSA) is 119 Å². The Labute approximate surface area is 151 Å². The average molecular weight is 380 g/mol. The van der Waals surface area contributed by atoms with Gasteiger partial charge in [-0.15, -0.1) is 5.10 Å². The molecule has 3 rings (SSSR count). The van der Waals surface area contributed by atoms with Crippen LogP contribution in [0.5, 0.6) is 0 Å². The molecule has 2 aromatic rings. The molecule has 1 fully saturated rings. The van der Waals surface area contributed by atoms with Gasteiger partial charge < -0.3 is 10.1 Å². The molecule has 1 aliphatic rings. The molecule has 0 aliphatic carbocycles. The largest absolute Gasteiger partial charge is 0.368 e. The van der Waals surface area contributed by atoms with E-state index in [1.807, 2.05) is 6.07 Å². The van der Waals surface area contributed by atoms with Crippen molar-refractivity contribution in [2.75, 3.05) is 31.3 Å². The second-order valence-electron chi connectivity index (χ2n) is 6.03. The zero-order valence-corrected chi connectivity index (χ0v) is 15.1. The van der Waals surface area contributed by atoms with Crippen molar-refractivity contribution in [3.8, 4) is 5.69 Å². The Morgan fingerprint density at radius 1 is 1.35 bits per heavy atom. The maximum Gasteiger partial charge on any atom is 0.250 e. The highest BCUT2D eigenvalue weighted by atomic mass is 32.2. The summed E-state index contributed by atoms with van der Waals surface area (Å²) < 4.78 is 31.5. The average Bonchev–Trinajstić information content (AvgIpc) is 3.14. The van der Waals surface area contributed by atoms with Crippen LogP contribution in [0.15, 0.2) is 30.6 Å². The lowest BCUT2D eigenvalue weighted by Gasteiger charge is -2.29. The normalized spacial score (nSPS) is 16.5. The number of anilines is 1. The summed E-state index contributed by atoms with van der Waals surface area (Å²) in [7, 11) is -3.16.